The smallest absolute Gasteiger partial charge is 0.172 e. The first-order chi connectivity index (χ1) is 9.13. The molecule has 0 aromatic carbocycles. The molecule has 0 saturated heterocycles. The van der Waals surface area contributed by atoms with Crippen LogP contribution in [0.15, 0.2) is 18.5 Å². The van der Waals surface area contributed by atoms with E-state index in [1.54, 1.807) is 10.9 Å². The maximum atomic E-state index is 6.26. The lowest BCUT2D eigenvalue weighted by atomic mass is 10.3. The molecule has 100 valence electrons. The lowest BCUT2D eigenvalue weighted by molar-refractivity contribution is 0.685. The van der Waals surface area contributed by atoms with E-state index in [2.05, 4.69) is 15.4 Å². The van der Waals surface area contributed by atoms with Gasteiger partial charge in [-0.15, -0.1) is 0 Å². The van der Waals surface area contributed by atoms with Crippen LogP contribution in [0.3, 0.4) is 0 Å². The molecule has 4 nitrogen and oxygen atoms in total. The molecule has 0 bridgehead atoms. The van der Waals surface area contributed by atoms with Crippen LogP contribution >= 0.6 is 23.2 Å². The zero-order chi connectivity index (χ0) is 13.4. The number of nitrogens with one attached hydrogen (secondary N) is 1. The number of halogens is 2. The summed E-state index contributed by atoms with van der Waals surface area (Å²) >= 11 is 12.3. The van der Waals surface area contributed by atoms with E-state index in [0.29, 0.717) is 21.9 Å². The number of hydrogen-bond donors (Lipinski definition) is 1. The van der Waals surface area contributed by atoms with E-state index in [4.69, 9.17) is 23.2 Å². The predicted octanol–water partition coefficient (Wildman–Crippen LogP) is 3.13. The molecule has 2 heterocycles. The number of rotatable bonds is 4. The minimum Gasteiger partial charge on any atom is -0.310 e. The number of aromatic nitrogens is 3. The molecule has 1 fully saturated rings. The lowest BCUT2D eigenvalue weighted by Crippen LogP contribution is -2.15. The van der Waals surface area contributed by atoms with Crippen LogP contribution in [-0.4, -0.2) is 20.8 Å². The summed E-state index contributed by atoms with van der Waals surface area (Å²) in [5.41, 5.74) is 1.84. The average molecular weight is 297 g/mol. The summed E-state index contributed by atoms with van der Waals surface area (Å²) in [4.78, 5) is 4.37. The highest BCUT2D eigenvalue weighted by atomic mass is 35.5. The van der Waals surface area contributed by atoms with Gasteiger partial charge in [0.2, 0.25) is 0 Å². The normalized spacial score (nSPS) is 14.9. The minimum atomic E-state index is 0.578. The molecule has 2 aromatic heterocycles. The van der Waals surface area contributed by atoms with Crippen LogP contribution in [0.4, 0.5) is 0 Å². The van der Waals surface area contributed by atoms with Gasteiger partial charge >= 0.3 is 0 Å². The molecule has 0 atom stereocenters. The van der Waals surface area contributed by atoms with Crippen LogP contribution in [0.2, 0.25) is 10.0 Å². The van der Waals surface area contributed by atoms with Crippen molar-refractivity contribution in [2.75, 3.05) is 0 Å². The van der Waals surface area contributed by atoms with Crippen LogP contribution in [-0.2, 0) is 6.54 Å². The Hall–Kier alpha value is -1.10. The summed E-state index contributed by atoms with van der Waals surface area (Å²) in [7, 11) is 0. The second-order valence-corrected chi connectivity index (χ2v) is 5.63. The number of pyridine rings is 1. The van der Waals surface area contributed by atoms with Crippen molar-refractivity contribution in [2.24, 2.45) is 0 Å². The summed E-state index contributed by atoms with van der Waals surface area (Å²) in [5.74, 6) is 0.604. The Morgan fingerprint density at radius 2 is 2.16 bits per heavy atom. The van der Waals surface area contributed by atoms with Crippen molar-refractivity contribution in [1.29, 1.82) is 0 Å². The van der Waals surface area contributed by atoms with Crippen molar-refractivity contribution in [3.8, 4) is 5.82 Å². The van der Waals surface area contributed by atoms with Crippen LogP contribution < -0.4 is 5.32 Å². The first-order valence-corrected chi connectivity index (χ1v) is 6.99. The lowest BCUT2D eigenvalue weighted by Gasteiger charge is -2.07. The summed E-state index contributed by atoms with van der Waals surface area (Å²) in [6.07, 6.45) is 6.07. The third-order valence-corrected chi connectivity index (χ3v) is 3.76. The van der Waals surface area contributed by atoms with E-state index in [1.807, 2.05) is 19.2 Å². The van der Waals surface area contributed by atoms with Gasteiger partial charge in [0.1, 0.15) is 0 Å². The second kappa shape index (κ2) is 5.12. The summed E-state index contributed by atoms with van der Waals surface area (Å²) in [6, 6.07) is 2.59. The van der Waals surface area contributed by atoms with Gasteiger partial charge in [-0.3, -0.25) is 0 Å². The van der Waals surface area contributed by atoms with Gasteiger partial charge in [-0.2, -0.15) is 5.10 Å². The van der Waals surface area contributed by atoms with E-state index in [9.17, 15) is 0 Å². The molecular formula is C13H14Cl2N4. The third-order valence-electron chi connectivity index (χ3n) is 3.11. The standard InChI is InChI=1S/C13H14Cl2N4/c1-8-12(15)7-19(18-8)13-11(14)4-9(6-17-13)5-16-10-2-3-10/h4,6-7,10,16H,2-3,5H2,1H3. The Balaban J connectivity index is 1.81. The van der Waals surface area contributed by atoms with Crippen molar-refractivity contribution in [2.45, 2.75) is 32.4 Å². The van der Waals surface area contributed by atoms with Gasteiger partial charge in [-0.1, -0.05) is 23.2 Å². The molecule has 6 heteroatoms. The highest BCUT2D eigenvalue weighted by Gasteiger charge is 2.20. The molecule has 2 aromatic rings. The fourth-order valence-corrected chi connectivity index (χ4v) is 2.24. The number of hydrogen-bond acceptors (Lipinski definition) is 3. The zero-order valence-corrected chi connectivity index (χ0v) is 12.0. The largest absolute Gasteiger partial charge is 0.310 e. The maximum absolute atomic E-state index is 6.26. The Labute approximate surface area is 121 Å². The highest BCUT2D eigenvalue weighted by Crippen LogP contribution is 2.23. The Morgan fingerprint density at radius 3 is 2.74 bits per heavy atom. The van der Waals surface area contributed by atoms with Crippen LogP contribution in [0.25, 0.3) is 5.82 Å². The van der Waals surface area contributed by atoms with Crippen molar-refractivity contribution < 1.29 is 0 Å². The van der Waals surface area contributed by atoms with Gasteiger partial charge in [-0.25, -0.2) is 9.67 Å². The molecule has 1 saturated carbocycles. The van der Waals surface area contributed by atoms with Gasteiger partial charge in [0, 0.05) is 18.8 Å². The monoisotopic (exact) mass is 296 g/mol. The van der Waals surface area contributed by atoms with Crippen LogP contribution in [0, 0.1) is 6.92 Å². The molecule has 1 aliphatic rings. The van der Waals surface area contributed by atoms with E-state index in [1.165, 1.54) is 12.8 Å². The van der Waals surface area contributed by atoms with Gasteiger partial charge in [0.25, 0.3) is 0 Å². The van der Waals surface area contributed by atoms with Gasteiger partial charge in [0.15, 0.2) is 5.82 Å². The van der Waals surface area contributed by atoms with E-state index in [-0.39, 0.29) is 0 Å². The molecule has 0 unspecified atom stereocenters. The predicted molar refractivity (Wildman–Crippen MR) is 76.0 cm³/mol. The van der Waals surface area contributed by atoms with Crippen molar-refractivity contribution >= 4 is 23.2 Å². The zero-order valence-electron chi connectivity index (χ0n) is 10.5. The first-order valence-electron chi connectivity index (χ1n) is 6.23. The molecule has 19 heavy (non-hydrogen) atoms. The molecule has 1 aliphatic carbocycles. The molecule has 1 N–H and O–H groups in total. The number of aryl methyl sites for hydroxylation is 1. The molecule has 0 radical (unpaired) electrons. The van der Waals surface area contributed by atoms with Crippen LogP contribution in [0.5, 0.6) is 0 Å². The quantitative estimate of drug-likeness (QED) is 0.942. The van der Waals surface area contributed by atoms with E-state index < -0.39 is 0 Å². The first kappa shape index (κ1) is 12.9. The van der Waals surface area contributed by atoms with Crippen LogP contribution in [0.1, 0.15) is 24.1 Å². The fourth-order valence-electron chi connectivity index (χ4n) is 1.83. The summed E-state index contributed by atoms with van der Waals surface area (Å²) < 4.78 is 1.61. The van der Waals surface area contributed by atoms with Crippen molar-refractivity contribution in [3.63, 3.8) is 0 Å². The molecule has 3 rings (SSSR count). The van der Waals surface area contributed by atoms with Gasteiger partial charge in [0.05, 0.1) is 21.9 Å². The minimum absolute atomic E-state index is 0.578. The maximum Gasteiger partial charge on any atom is 0.172 e. The third kappa shape index (κ3) is 2.91. The molecule has 0 aliphatic heterocycles. The molecule has 0 spiro atoms. The van der Waals surface area contributed by atoms with E-state index in [0.717, 1.165) is 17.8 Å². The SMILES string of the molecule is Cc1nn(-c2ncc(CNC3CC3)cc2Cl)cc1Cl. The van der Waals surface area contributed by atoms with Gasteiger partial charge < -0.3 is 5.32 Å². The Morgan fingerprint density at radius 1 is 1.37 bits per heavy atom. The second-order valence-electron chi connectivity index (χ2n) is 4.81. The molecular weight excluding hydrogens is 283 g/mol. The fraction of sp³-hybridized carbons (Fsp3) is 0.385. The Kier molecular flexibility index (Phi) is 3.48. The van der Waals surface area contributed by atoms with E-state index >= 15 is 0 Å². The molecule has 0 amide bonds. The summed E-state index contributed by atoms with van der Waals surface area (Å²) in [6.45, 7) is 2.65. The topological polar surface area (TPSA) is 42.7 Å². The number of nitrogens with zero attached hydrogens (tertiary/aromatic N) is 3. The van der Waals surface area contributed by atoms with Crippen molar-refractivity contribution in [1.82, 2.24) is 20.1 Å². The van der Waals surface area contributed by atoms with Crippen molar-refractivity contribution in [3.05, 3.63) is 39.8 Å². The van der Waals surface area contributed by atoms with Gasteiger partial charge in [-0.05, 0) is 31.4 Å². The average Bonchev–Trinajstić information content (AvgIpc) is 3.14. The Bertz CT molecular complexity index is 585. The highest BCUT2D eigenvalue weighted by molar-refractivity contribution is 6.32. The summed E-state index contributed by atoms with van der Waals surface area (Å²) in [5, 5.41) is 8.89.